The van der Waals surface area contributed by atoms with Crippen molar-refractivity contribution < 1.29 is 13.6 Å². The highest BCUT2D eigenvalue weighted by atomic mass is 35.5. The summed E-state index contributed by atoms with van der Waals surface area (Å²) in [6, 6.07) is -0.797. The molecular weight excluding hydrogens is 331 g/mol. The Morgan fingerprint density at radius 3 is 2.60 bits per heavy atom. The van der Waals surface area contributed by atoms with Crippen molar-refractivity contribution in [1.29, 1.82) is 0 Å². The molecule has 0 aliphatic carbocycles. The van der Waals surface area contributed by atoms with Gasteiger partial charge in [-0.2, -0.15) is 0 Å². The number of hydrogen-bond donors (Lipinski definition) is 2. The Bertz CT molecular complexity index is 471. The van der Waals surface area contributed by atoms with E-state index in [0.29, 0.717) is 6.54 Å². The monoisotopic (exact) mass is 347 g/mol. The zero-order valence-electron chi connectivity index (χ0n) is 11.0. The summed E-state index contributed by atoms with van der Waals surface area (Å²) in [6.07, 6.45) is -0.431. The highest BCUT2D eigenvalue weighted by Crippen LogP contribution is 2.25. The largest absolute Gasteiger partial charge is 0.350 e. The highest BCUT2D eigenvalue weighted by Gasteiger charge is 2.42. The summed E-state index contributed by atoms with van der Waals surface area (Å²) in [6.45, 7) is 3.68. The first-order valence-corrected chi connectivity index (χ1v) is 6.51. The third-order valence-corrected chi connectivity index (χ3v) is 3.92. The second kappa shape index (κ2) is 7.49. The Kier molecular flexibility index (Phi) is 7.30. The maximum Gasteiger partial charge on any atom is 0.262 e. The molecule has 0 saturated carbocycles. The first kappa shape index (κ1) is 19.5. The van der Waals surface area contributed by atoms with Crippen molar-refractivity contribution in [1.82, 2.24) is 15.6 Å². The lowest BCUT2D eigenvalue weighted by molar-refractivity contribution is -0.123. The minimum Gasteiger partial charge on any atom is -0.350 e. The molecule has 1 unspecified atom stereocenters. The van der Waals surface area contributed by atoms with Crippen molar-refractivity contribution in [2.75, 3.05) is 6.54 Å². The molecule has 0 aromatic carbocycles. The fraction of sp³-hybridized carbons (Fsp3) is 0.636. The zero-order valence-corrected chi connectivity index (χ0v) is 13.5. The third-order valence-electron chi connectivity index (χ3n) is 2.85. The second-order valence-corrected chi connectivity index (χ2v) is 5.74. The number of hydrogen-bond acceptors (Lipinski definition) is 4. The summed E-state index contributed by atoms with van der Waals surface area (Å²) in [5, 5.41) is 6.13. The summed E-state index contributed by atoms with van der Waals surface area (Å²) in [5.74, 6) is -3.16. The number of nitrogens with zero attached hydrogens (tertiary/aromatic N) is 1. The Balaban J connectivity index is 0.00000180. The molecule has 1 aromatic rings. The molecule has 1 atom stereocenters. The molecule has 1 saturated heterocycles. The van der Waals surface area contributed by atoms with Gasteiger partial charge in [0.05, 0.1) is 29.8 Å². The van der Waals surface area contributed by atoms with Gasteiger partial charge in [0, 0.05) is 11.3 Å². The van der Waals surface area contributed by atoms with Gasteiger partial charge in [0.2, 0.25) is 5.91 Å². The molecule has 2 N–H and O–H groups in total. The van der Waals surface area contributed by atoms with Gasteiger partial charge >= 0.3 is 0 Å². The molecule has 1 amide bonds. The van der Waals surface area contributed by atoms with Gasteiger partial charge in [0.25, 0.3) is 5.92 Å². The molecular formula is C11H17Cl2F2N3OS. The number of aryl methyl sites for hydroxylation is 2. The third kappa shape index (κ3) is 4.80. The van der Waals surface area contributed by atoms with E-state index in [2.05, 4.69) is 15.6 Å². The van der Waals surface area contributed by atoms with Gasteiger partial charge in [-0.25, -0.2) is 13.8 Å². The number of halogens is 4. The molecule has 1 fully saturated rings. The van der Waals surface area contributed by atoms with Crippen LogP contribution in [0.25, 0.3) is 0 Å². The van der Waals surface area contributed by atoms with E-state index >= 15 is 0 Å². The maximum atomic E-state index is 12.9. The maximum absolute atomic E-state index is 12.9. The molecule has 1 aromatic heterocycles. The molecule has 0 radical (unpaired) electrons. The lowest BCUT2D eigenvalue weighted by atomic mass is 10.2. The van der Waals surface area contributed by atoms with Gasteiger partial charge in [-0.05, 0) is 13.8 Å². The van der Waals surface area contributed by atoms with Crippen LogP contribution >= 0.6 is 36.2 Å². The number of aromatic nitrogens is 1. The van der Waals surface area contributed by atoms with Crippen molar-refractivity contribution in [3.8, 4) is 0 Å². The number of amides is 1. The van der Waals surface area contributed by atoms with Crippen LogP contribution in [0.3, 0.4) is 0 Å². The topological polar surface area (TPSA) is 54.0 Å². The van der Waals surface area contributed by atoms with Gasteiger partial charge < -0.3 is 5.32 Å². The lowest BCUT2D eigenvalue weighted by Gasteiger charge is -2.10. The smallest absolute Gasteiger partial charge is 0.262 e. The molecule has 20 heavy (non-hydrogen) atoms. The number of thiazole rings is 1. The number of carbonyl (C=O) groups is 1. The Morgan fingerprint density at radius 2 is 2.15 bits per heavy atom. The van der Waals surface area contributed by atoms with Crippen LogP contribution < -0.4 is 10.6 Å². The molecule has 9 heteroatoms. The van der Waals surface area contributed by atoms with Crippen LogP contribution in [0.1, 0.15) is 22.0 Å². The van der Waals surface area contributed by atoms with Gasteiger partial charge in [-0.15, -0.1) is 36.2 Å². The minimum atomic E-state index is -2.78. The molecule has 2 rings (SSSR count). The summed E-state index contributed by atoms with van der Waals surface area (Å²) in [4.78, 5) is 16.9. The molecule has 4 nitrogen and oxygen atoms in total. The molecule has 2 heterocycles. The van der Waals surface area contributed by atoms with E-state index in [1.807, 2.05) is 13.8 Å². The Labute approximate surface area is 132 Å². The summed E-state index contributed by atoms with van der Waals surface area (Å²) >= 11 is 1.50. The van der Waals surface area contributed by atoms with E-state index in [1.165, 1.54) is 11.3 Å². The van der Waals surface area contributed by atoms with Crippen molar-refractivity contribution in [2.24, 2.45) is 0 Å². The number of carbonyl (C=O) groups excluding carboxylic acids is 1. The van der Waals surface area contributed by atoms with Crippen LogP contribution in [0.15, 0.2) is 0 Å². The first-order valence-electron chi connectivity index (χ1n) is 5.69. The number of nitrogens with one attached hydrogen (secondary N) is 2. The van der Waals surface area contributed by atoms with Gasteiger partial charge in [0.1, 0.15) is 0 Å². The quantitative estimate of drug-likeness (QED) is 0.881. The molecule has 1 aliphatic heterocycles. The summed E-state index contributed by atoms with van der Waals surface area (Å²) in [5.41, 5.74) is 0.877. The Morgan fingerprint density at radius 1 is 1.50 bits per heavy atom. The number of rotatable bonds is 3. The summed E-state index contributed by atoms with van der Waals surface area (Å²) in [7, 11) is 0. The van der Waals surface area contributed by atoms with Crippen LogP contribution in [0.5, 0.6) is 0 Å². The van der Waals surface area contributed by atoms with Crippen molar-refractivity contribution in [2.45, 2.75) is 38.8 Å². The Hall–Kier alpha value is -0.500. The average Bonchev–Trinajstić information content (AvgIpc) is 2.78. The predicted molar refractivity (Wildman–Crippen MR) is 79.3 cm³/mol. The van der Waals surface area contributed by atoms with E-state index < -0.39 is 24.9 Å². The van der Waals surface area contributed by atoms with E-state index in [1.54, 1.807) is 0 Å². The molecule has 0 spiro atoms. The van der Waals surface area contributed by atoms with E-state index in [0.717, 1.165) is 15.6 Å². The normalized spacial score (nSPS) is 19.9. The number of alkyl halides is 2. The van der Waals surface area contributed by atoms with E-state index in [9.17, 15) is 13.6 Å². The standard InChI is InChI=1S/C11H15F2N3OS.2ClH/c1-6-9(18-7(2)16-6)4-14-10(17)8-3-11(12,13)5-15-8;;/h8,15H,3-5H2,1-2H3,(H,14,17);2*1H. The zero-order chi connectivity index (χ0) is 13.3. The van der Waals surface area contributed by atoms with E-state index in [4.69, 9.17) is 0 Å². The molecule has 0 bridgehead atoms. The second-order valence-electron chi connectivity index (χ2n) is 4.45. The van der Waals surface area contributed by atoms with E-state index in [-0.39, 0.29) is 30.7 Å². The minimum absolute atomic E-state index is 0. The molecule has 1 aliphatic rings. The predicted octanol–water partition coefficient (Wildman–Crippen LogP) is 2.22. The lowest BCUT2D eigenvalue weighted by Crippen LogP contribution is -2.39. The van der Waals surface area contributed by atoms with Crippen LogP contribution in [-0.4, -0.2) is 29.4 Å². The fourth-order valence-electron chi connectivity index (χ4n) is 1.93. The first-order chi connectivity index (χ1) is 8.37. The van der Waals surface area contributed by atoms with Gasteiger partial charge in [0.15, 0.2) is 0 Å². The van der Waals surface area contributed by atoms with Crippen LogP contribution in [0.2, 0.25) is 0 Å². The van der Waals surface area contributed by atoms with Crippen molar-refractivity contribution >= 4 is 42.1 Å². The van der Waals surface area contributed by atoms with Gasteiger partial charge in [-0.3, -0.25) is 10.1 Å². The van der Waals surface area contributed by atoms with Crippen molar-refractivity contribution in [3.63, 3.8) is 0 Å². The fourth-order valence-corrected chi connectivity index (χ4v) is 2.81. The summed E-state index contributed by atoms with van der Waals surface area (Å²) < 4.78 is 25.9. The van der Waals surface area contributed by atoms with Crippen molar-refractivity contribution in [3.05, 3.63) is 15.6 Å². The van der Waals surface area contributed by atoms with Gasteiger partial charge in [-0.1, -0.05) is 0 Å². The highest BCUT2D eigenvalue weighted by molar-refractivity contribution is 7.11. The SMILES string of the molecule is Cc1nc(C)c(CNC(=O)C2CC(F)(F)CN2)s1.Cl.Cl. The average molecular weight is 348 g/mol. The van der Waals surface area contributed by atoms with Crippen LogP contribution in [-0.2, 0) is 11.3 Å². The van der Waals surface area contributed by atoms with Crippen LogP contribution in [0, 0.1) is 13.8 Å². The molecule has 116 valence electrons. The van der Waals surface area contributed by atoms with Crippen LogP contribution in [0.4, 0.5) is 8.78 Å².